The van der Waals surface area contributed by atoms with E-state index in [1.54, 1.807) is 25.4 Å². The van der Waals surface area contributed by atoms with Gasteiger partial charge in [0.15, 0.2) is 5.16 Å². The summed E-state index contributed by atoms with van der Waals surface area (Å²) in [6, 6.07) is 15.5. The van der Waals surface area contributed by atoms with Gasteiger partial charge in [-0.05, 0) is 48.7 Å². The van der Waals surface area contributed by atoms with Crippen LogP contribution in [0.2, 0.25) is 0 Å². The average Bonchev–Trinajstić information content (AvgIpc) is 3.47. The number of ether oxygens (including phenoxy) is 3. The third-order valence-corrected chi connectivity index (χ3v) is 7.08. The second-order valence-corrected chi connectivity index (χ2v) is 9.32. The summed E-state index contributed by atoms with van der Waals surface area (Å²) in [6.45, 7) is 2.02. The van der Waals surface area contributed by atoms with Crippen molar-refractivity contribution < 1.29 is 19.0 Å². The lowest BCUT2D eigenvalue weighted by Crippen LogP contribution is -2.27. The van der Waals surface area contributed by atoms with Gasteiger partial charge < -0.3 is 24.9 Å². The lowest BCUT2D eigenvalue weighted by Gasteiger charge is -2.27. The molecule has 0 aliphatic carbocycles. The van der Waals surface area contributed by atoms with Crippen molar-refractivity contribution in [2.24, 2.45) is 5.73 Å². The number of carbonyl (C=O) groups excluding carboxylic acids is 1. The van der Waals surface area contributed by atoms with E-state index in [4.69, 9.17) is 19.9 Å². The van der Waals surface area contributed by atoms with E-state index in [2.05, 4.69) is 9.97 Å². The predicted octanol–water partition coefficient (Wildman–Crippen LogP) is 5.04. The van der Waals surface area contributed by atoms with Crippen molar-refractivity contribution in [2.75, 3.05) is 13.7 Å². The van der Waals surface area contributed by atoms with Crippen LogP contribution in [0.5, 0.6) is 11.5 Å². The number of nitrogens with one attached hydrogen (secondary N) is 1. The second kappa shape index (κ2) is 8.84. The Kier molecular flexibility index (Phi) is 5.74. The fourth-order valence-corrected chi connectivity index (χ4v) is 5.51. The van der Waals surface area contributed by atoms with Crippen molar-refractivity contribution in [3.8, 4) is 11.5 Å². The molecule has 0 saturated carbocycles. The van der Waals surface area contributed by atoms with Gasteiger partial charge in [0.05, 0.1) is 30.7 Å². The van der Waals surface area contributed by atoms with Gasteiger partial charge in [-0.3, -0.25) is 0 Å². The van der Waals surface area contributed by atoms with Gasteiger partial charge in [-0.2, -0.15) is 0 Å². The molecule has 4 aromatic rings. The van der Waals surface area contributed by atoms with Gasteiger partial charge in [0.2, 0.25) is 5.88 Å². The number of fused-ring (bicyclic) bond motifs is 2. The molecule has 2 aromatic carbocycles. The second-order valence-electron chi connectivity index (χ2n) is 7.28. The van der Waals surface area contributed by atoms with Crippen molar-refractivity contribution in [3.05, 3.63) is 75.8 Å². The highest BCUT2D eigenvalue weighted by atomic mass is 32.2. The summed E-state index contributed by atoms with van der Waals surface area (Å²) in [7, 11) is 1.64. The van der Waals surface area contributed by atoms with Gasteiger partial charge in [-0.25, -0.2) is 9.78 Å². The predicted molar refractivity (Wildman–Crippen MR) is 128 cm³/mol. The van der Waals surface area contributed by atoms with Crippen molar-refractivity contribution in [2.45, 2.75) is 22.9 Å². The van der Waals surface area contributed by atoms with Crippen LogP contribution >= 0.6 is 23.1 Å². The van der Waals surface area contributed by atoms with E-state index in [9.17, 15) is 4.79 Å². The van der Waals surface area contributed by atoms with Crippen LogP contribution in [-0.2, 0) is 9.53 Å². The maximum atomic E-state index is 12.8. The molecule has 3 heterocycles. The summed E-state index contributed by atoms with van der Waals surface area (Å²) in [5, 5.41) is 2.73. The highest BCUT2D eigenvalue weighted by Crippen LogP contribution is 2.45. The van der Waals surface area contributed by atoms with Gasteiger partial charge >= 0.3 is 5.97 Å². The zero-order chi connectivity index (χ0) is 22.9. The van der Waals surface area contributed by atoms with Gasteiger partial charge in [-0.15, -0.1) is 11.3 Å². The molecule has 0 bridgehead atoms. The summed E-state index contributed by atoms with van der Waals surface area (Å²) < 4.78 is 16.4. The minimum Gasteiger partial charge on any atom is -0.497 e. The number of carbonyl (C=O) groups is 1. The molecule has 33 heavy (non-hydrogen) atoms. The van der Waals surface area contributed by atoms with Crippen LogP contribution in [0.15, 0.2) is 75.4 Å². The molecule has 3 N–H and O–H groups in total. The number of esters is 1. The number of hydrogen-bond acceptors (Lipinski definition) is 8. The molecular weight excluding hydrogens is 458 g/mol. The first-order chi connectivity index (χ1) is 16.1. The average molecular weight is 480 g/mol. The van der Waals surface area contributed by atoms with Gasteiger partial charge in [-0.1, -0.05) is 17.8 Å². The van der Waals surface area contributed by atoms with Crippen molar-refractivity contribution in [1.82, 2.24) is 9.97 Å². The SMILES string of the molecule is CCOC(=O)C1=C(N)Oc2ccc(Sc3nc4ccc(OC)cc4[nH]3)cc2C1c1cccs1. The smallest absolute Gasteiger partial charge is 0.340 e. The molecule has 7 nitrogen and oxygen atoms in total. The summed E-state index contributed by atoms with van der Waals surface area (Å²) in [5.74, 6) is 0.628. The molecule has 1 aliphatic rings. The molecule has 5 rings (SSSR count). The van der Waals surface area contributed by atoms with Gasteiger partial charge in [0.25, 0.3) is 0 Å². The maximum absolute atomic E-state index is 12.8. The number of rotatable bonds is 6. The Hall–Kier alpha value is -3.43. The lowest BCUT2D eigenvalue weighted by atomic mass is 9.87. The number of nitrogens with two attached hydrogens (primary N) is 1. The minimum absolute atomic E-state index is 0.0750. The van der Waals surface area contributed by atoms with Crippen molar-refractivity contribution in [1.29, 1.82) is 0 Å². The van der Waals surface area contributed by atoms with Crippen LogP contribution in [0.4, 0.5) is 0 Å². The molecule has 0 amide bonds. The Bertz CT molecular complexity index is 1360. The first-order valence-electron chi connectivity index (χ1n) is 10.3. The summed E-state index contributed by atoms with van der Waals surface area (Å²) in [6.07, 6.45) is 0. The van der Waals surface area contributed by atoms with Crippen LogP contribution in [0.3, 0.4) is 0 Å². The quantitative estimate of drug-likeness (QED) is 0.374. The summed E-state index contributed by atoms with van der Waals surface area (Å²) >= 11 is 3.06. The molecule has 0 saturated heterocycles. The Balaban J connectivity index is 1.53. The van der Waals surface area contributed by atoms with E-state index in [0.29, 0.717) is 11.3 Å². The number of benzene rings is 2. The van der Waals surface area contributed by atoms with Gasteiger partial charge in [0, 0.05) is 21.4 Å². The number of H-pyrrole nitrogens is 1. The maximum Gasteiger partial charge on any atom is 0.340 e. The molecule has 0 fully saturated rings. The Morgan fingerprint density at radius 3 is 2.91 bits per heavy atom. The number of aromatic amines is 1. The number of imidazole rings is 1. The van der Waals surface area contributed by atoms with E-state index in [-0.39, 0.29) is 18.4 Å². The summed E-state index contributed by atoms with van der Waals surface area (Å²) in [4.78, 5) is 22.7. The highest BCUT2D eigenvalue weighted by molar-refractivity contribution is 7.99. The van der Waals surface area contributed by atoms with E-state index < -0.39 is 5.97 Å². The van der Waals surface area contributed by atoms with Crippen LogP contribution < -0.4 is 15.2 Å². The third kappa shape index (κ3) is 4.05. The largest absolute Gasteiger partial charge is 0.497 e. The molecule has 1 atom stereocenters. The number of hydrogen-bond donors (Lipinski definition) is 2. The topological polar surface area (TPSA) is 99.5 Å². The monoisotopic (exact) mass is 479 g/mol. The molecule has 2 aromatic heterocycles. The summed E-state index contributed by atoms with van der Waals surface area (Å²) in [5.41, 5.74) is 9.12. The zero-order valence-electron chi connectivity index (χ0n) is 18.0. The number of nitrogens with zero attached hydrogens (tertiary/aromatic N) is 1. The van der Waals surface area contributed by atoms with Gasteiger partial charge in [0.1, 0.15) is 17.1 Å². The fraction of sp³-hybridized carbons (Fsp3) is 0.167. The number of aromatic nitrogens is 2. The Morgan fingerprint density at radius 1 is 1.27 bits per heavy atom. The Morgan fingerprint density at radius 2 is 2.15 bits per heavy atom. The fourth-order valence-electron chi connectivity index (χ4n) is 3.81. The first-order valence-corrected chi connectivity index (χ1v) is 12.0. The van der Waals surface area contributed by atoms with Crippen LogP contribution in [0, 0.1) is 0 Å². The van der Waals surface area contributed by atoms with Crippen molar-refractivity contribution in [3.63, 3.8) is 0 Å². The highest BCUT2D eigenvalue weighted by Gasteiger charge is 2.36. The molecular formula is C24H21N3O4S2. The molecule has 1 unspecified atom stereocenters. The third-order valence-electron chi connectivity index (χ3n) is 5.27. The molecule has 0 radical (unpaired) electrons. The molecule has 168 valence electrons. The van der Waals surface area contributed by atoms with E-state index in [1.165, 1.54) is 11.8 Å². The van der Waals surface area contributed by atoms with Crippen LogP contribution in [0.1, 0.15) is 23.3 Å². The van der Waals surface area contributed by atoms with E-state index in [0.717, 1.165) is 37.3 Å². The first kappa shape index (κ1) is 21.4. The van der Waals surface area contributed by atoms with E-state index >= 15 is 0 Å². The zero-order valence-corrected chi connectivity index (χ0v) is 19.6. The normalized spacial score (nSPS) is 15.3. The van der Waals surface area contributed by atoms with Crippen LogP contribution in [0.25, 0.3) is 11.0 Å². The Labute approximate surface area is 198 Å². The number of methoxy groups -OCH3 is 1. The molecule has 9 heteroatoms. The van der Waals surface area contributed by atoms with Crippen LogP contribution in [-0.4, -0.2) is 29.7 Å². The minimum atomic E-state index is -0.469. The van der Waals surface area contributed by atoms with Crippen molar-refractivity contribution >= 4 is 40.1 Å². The molecule has 1 aliphatic heterocycles. The molecule has 0 spiro atoms. The van der Waals surface area contributed by atoms with E-state index in [1.807, 2.05) is 53.9 Å². The lowest BCUT2D eigenvalue weighted by molar-refractivity contribution is -0.139. The number of thiophene rings is 1. The standard InChI is InChI=1S/C24H21N3O4S2/c1-3-30-23(28)21-20(19-5-4-10-32-19)15-12-14(7-9-18(15)31-22(21)25)33-24-26-16-8-6-13(29-2)11-17(16)27-24/h4-12,20H,3,25H2,1-2H3,(H,26,27).